The minimum absolute atomic E-state index is 0.181. The van der Waals surface area contributed by atoms with E-state index in [1.165, 1.54) is 11.4 Å². The molecule has 2 rings (SSSR count). The number of nitrogens with one attached hydrogen (secondary N) is 1. The van der Waals surface area contributed by atoms with Crippen molar-refractivity contribution in [2.45, 2.75) is 32.7 Å². The molecule has 0 radical (unpaired) electrons. The van der Waals surface area contributed by atoms with Crippen LogP contribution in [0.25, 0.3) is 0 Å². The monoisotopic (exact) mass is 293 g/mol. The van der Waals surface area contributed by atoms with Crippen molar-refractivity contribution >= 4 is 11.6 Å². The zero-order valence-electron chi connectivity index (χ0n) is 13.8. The van der Waals surface area contributed by atoms with Gasteiger partial charge in [-0.05, 0) is 26.7 Å². The van der Waals surface area contributed by atoms with Crippen molar-refractivity contribution in [3.63, 3.8) is 0 Å². The second-order valence-corrected chi connectivity index (χ2v) is 6.15. The van der Waals surface area contributed by atoms with Gasteiger partial charge in [-0.15, -0.1) is 0 Å². The minimum atomic E-state index is 0.181. The second-order valence-electron chi connectivity index (χ2n) is 6.15. The van der Waals surface area contributed by atoms with Crippen LogP contribution in [0.15, 0.2) is 0 Å². The van der Waals surface area contributed by atoms with Gasteiger partial charge in [0.1, 0.15) is 0 Å². The molecular formula is C15H27N5O. The second kappa shape index (κ2) is 6.47. The van der Waals surface area contributed by atoms with Crippen molar-refractivity contribution in [1.29, 1.82) is 0 Å². The topological polar surface area (TPSA) is 53.4 Å². The van der Waals surface area contributed by atoms with Gasteiger partial charge in [0.05, 0.1) is 23.6 Å². The Kier molecular flexibility index (Phi) is 4.88. The number of hydrogen-bond acceptors (Lipinski definition) is 4. The number of rotatable bonds is 4. The van der Waals surface area contributed by atoms with Crippen molar-refractivity contribution in [2.24, 2.45) is 7.05 Å². The Balaban J connectivity index is 1.86. The molecule has 0 unspecified atom stereocenters. The SMILES string of the molecule is Cc1nn(C)c(C)c1NC1CCN(CC(=O)N(C)C)CC1. The molecule has 0 bridgehead atoms. The highest BCUT2D eigenvalue weighted by Crippen LogP contribution is 2.22. The minimum Gasteiger partial charge on any atom is -0.379 e. The summed E-state index contributed by atoms with van der Waals surface area (Å²) in [5.41, 5.74) is 3.40. The van der Waals surface area contributed by atoms with Crippen LogP contribution in [-0.4, -0.2) is 65.3 Å². The van der Waals surface area contributed by atoms with Crippen LogP contribution in [0.3, 0.4) is 0 Å². The number of hydrogen-bond donors (Lipinski definition) is 1. The number of carbonyl (C=O) groups excluding carboxylic acids is 1. The summed E-state index contributed by atoms with van der Waals surface area (Å²) in [7, 11) is 5.60. The number of aromatic nitrogens is 2. The van der Waals surface area contributed by atoms with Crippen molar-refractivity contribution in [3.05, 3.63) is 11.4 Å². The Morgan fingerprint density at radius 3 is 2.43 bits per heavy atom. The smallest absolute Gasteiger partial charge is 0.236 e. The van der Waals surface area contributed by atoms with Crippen LogP contribution < -0.4 is 5.32 Å². The summed E-state index contributed by atoms with van der Waals surface area (Å²) in [6.07, 6.45) is 2.13. The van der Waals surface area contributed by atoms with E-state index in [1.807, 2.05) is 32.7 Å². The Labute approximate surface area is 127 Å². The van der Waals surface area contributed by atoms with Crippen molar-refractivity contribution in [1.82, 2.24) is 19.6 Å². The van der Waals surface area contributed by atoms with Crippen molar-refractivity contribution in [2.75, 3.05) is 39.0 Å². The molecule has 1 amide bonds. The first-order chi connectivity index (χ1) is 9.88. The van der Waals surface area contributed by atoms with Crippen LogP contribution in [0, 0.1) is 13.8 Å². The number of amides is 1. The van der Waals surface area contributed by atoms with Crippen LogP contribution in [-0.2, 0) is 11.8 Å². The van der Waals surface area contributed by atoms with Gasteiger partial charge >= 0.3 is 0 Å². The Morgan fingerprint density at radius 1 is 1.33 bits per heavy atom. The predicted octanol–water partition coefficient (Wildman–Crippen LogP) is 1.00. The zero-order chi connectivity index (χ0) is 15.6. The van der Waals surface area contributed by atoms with E-state index < -0.39 is 0 Å². The Morgan fingerprint density at radius 2 is 1.95 bits per heavy atom. The number of anilines is 1. The maximum Gasteiger partial charge on any atom is 0.236 e. The molecule has 6 heteroatoms. The van der Waals surface area contributed by atoms with Crippen LogP contribution in [0.4, 0.5) is 5.69 Å². The number of likely N-dealkylation sites (tertiary alicyclic amines) is 1. The molecule has 0 saturated carbocycles. The highest BCUT2D eigenvalue weighted by Gasteiger charge is 2.22. The molecule has 0 spiro atoms. The molecule has 1 aliphatic rings. The largest absolute Gasteiger partial charge is 0.379 e. The average molecular weight is 293 g/mol. The van der Waals surface area contributed by atoms with Gasteiger partial charge in [0.25, 0.3) is 0 Å². The third kappa shape index (κ3) is 3.75. The molecule has 0 atom stereocenters. The van der Waals surface area contributed by atoms with Crippen LogP contribution in [0.1, 0.15) is 24.2 Å². The number of likely N-dealkylation sites (N-methyl/N-ethyl adjacent to an activating group) is 1. The molecule has 21 heavy (non-hydrogen) atoms. The molecule has 1 fully saturated rings. The van der Waals surface area contributed by atoms with Gasteiger partial charge in [-0.3, -0.25) is 14.4 Å². The number of piperidine rings is 1. The predicted molar refractivity (Wildman–Crippen MR) is 84.5 cm³/mol. The quantitative estimate of drug-likeness (QED) is 0.900. The van der Waals surface area contributed by atoms with Gasteiger partial charge < -0.3 is 10.2 Å². The normalized spacial score (nSPS) is 17.0. The van der Waals surface area contributed by atoms with Gasteiger partial charge in [-0.25, -0.2) is 0 Å². The first-order valence-corrected chi connectivity index (χ1v) is 7.57. The van der Waals surface area contributed by atoms with E-state index in [1.54, 1.807) is 4.90 Å². The molecule has 6 nitrogen and oxygen atoms in total. The molecule has 1 saturated heterocycles. The lowest BCUT2D eigenvalue weighted by Crippen LogP contribution is -2.44. The lowest BCUT2D eigenvalue weighted by Gasteiger charge is -2.33. The summed E-state index contributed by atoms with van der Waals surface area (Å²) in [6.45, 7) is 6.60. The van der Waals surface area contributed by atoms with E-state index in [4.69, 9.17) is 0 Å². The molecule has 2 heterocycles. The van der Waals surface area contributed by atoms with E-state index in [0.717, 1.165) is 31.6 Å². The van der Waals surface area contributed by atoms with Gasteiger partial charge in [0.2, 0.25) is 5.91 Å². The number of nitrogens with zero attached hydrogens (tertiary/aromatic N) is 4. The maximum atomic E-state index is 11.7. The zero-order valence-corrected chi connectivity index (χ0v) is 13.8. The van der Waals surface area contributed by atoms with Crippen LogP contribution >= 0.6 is 0 Å². The summed E-state index contributed by atoms with van der Waals surface area (Å²) in [5, 5.41) is 8.07. The van der Waals surface area contributed by atoms with Crippen molar-refractivity contribution in [3.8, 4) is 0 Å². The Bertz CT molecular complexity index is 500. The summed E-state index contributed by atoms with van der Waals surface area (Å²) < 4.78 is 1.92. The van der Waals surface area contributed by atoms with E-state index in [9.17, 15) is 4.79 Å². The summed E-state index contributed by atoms with van der Waals surface area (Å²) in [6, 6.07) is 0.470. The molecule has 1 aromatic rings. The fourth-order valence-corrected chi connectivity index (χ4v) is 2.75. The van der Waals surface area contributed by atoms with E-state index in [0.29, 0.717) is 12.6 Å². The first kappa shape index (κ1) is 15.8. The first-order valence-electron chi connectivity index (χ1n) is 7.57. The van der Waals surface area contributed by atoms with E-state index in [2.05, 4.69) is 22.2 Å². The maximum absolute atomic E-state index is 11.7. The molecule has 0 aliphatic carbocycles. The van der Waals surface area contributed by atoms with E-state index >= 15 is 0 Å². The molecule has 1 aliphatic heterocycles. The highest BCUT2D eigenvalue weighted by molar-refractivity contribution is 5.77. The van der Waals surface area contributed by atoms with Gasteiger partial charge in [0, 0.05) is 40.3 Å². The summed E-state index contributed by atoms with van der Waals surface area (Å²) in [4.78, 5) is 15.6. The highest BCUT2D eigenvalue weighted by atomic mass is 16.2. The Hall–Kier alpha value is -1.56. The average Bonchev–Trinajstić information content (AvgIpc) is 2.67. The lowest BCUT2D eigenvalue weighted by atomic mass is 10.0. The summed E-state index contributed by atoms with van der Waals surface area (Å²) >= 11 is 0. The molecular weight excluding hydrogens is 266 g/mol. The summed E-state index contributed by atoms with van der Waals surface area (Å²) in [5.74, 6) is 0.181. The van der Waals surface area contributed by atoms with Gasteiger partial charge in [-0.2, -0.15) is 5.10 Å². The third-order valence-corrected chi connectivity index (χ3v) is 4.30. The standard InChI is InChI=1S/C15H27N5O/c1-11-15(12(2)19(5)17-11)16-13-6-8-20(9-7-13)10-14(21)18(3)4/h13,16H,6-10H2,1-5H3. The number of aryl methyl sites for hydroxylation is 2. The van der Waals surface area contributed by atoms with Gasteiger partial charge in [0.15, 0.2) is 0 Å². The van der Waals surface area contributed by atoms with Gasteiger partial charge in [-0.1, -0.05) is 0 Å². The van der Waals surface area contributed by atoms with E-state index in [-0.39, 0.29) is 5.91 Å². The van der Waals surface area contributed by atoms with Crippen molar-refractivity contribution < 1.29 is 4.79 Å². The molecule has 1 aromatic heterocycles. The molecule has 0 aromatic carbocycles. The molecule has 118 valence electrons. The molecule has 1 N–H and O–H groups in total. The van der Waals surface area contributed by atoms with Crippen LogP contribution in [0.2, 0.25) is 0 Å². The lowest BCUT2D eigenvalue weighted by molar-refractivity contribution is -0.130. The third-order valence-electron chi connectivity index (χ3n) is 4.30. The fourth-order valence-electron chi connectivity index (χ4n) is 2.75. The van der Waals surface area contributed by atoms with Crippen LogP contribution in [0.5, 0.6) is 0 Å². The number of carbonyl (C=O) groups is 1. The fraction of sp³-hybridized carbons (Fsp3) is 0.733.